The van der Waals surface area contributed by atoms with E-state index in [1.54, 1.807) is 13.3 Å². The molecule has 0 aliphatic rings. The molecule has 1 N–H and O–H groups in total. The van der Waals surface area contributed by atoms with Crippen molar-refractivity contribution in [3.05, 3.63) is 52.7 Å². The molecule has 29 heavy (non-hydrogen) atoms. The molecule has 0 radical (unpaired) electrons. The van der Waals surface area contributed by atoms with E-state index in [2.05, 4.69) is 15.5 Å². The number of para-hydroxylation sites is 1. The molecule has 0 unspecified atom stereocenters. The van der Waals surface area contributed by atoms with Crippen LogP contribution in [0.2, 0.25) is 0 Å². The van der Waals surface area contributed by atoms with Crippen LogP contribution in [0, 0.1) is 6.92 Å². The topological polar surface area (TPSA) is 86.1 Å². The normalized spacial score (nSPS) is 10.7. The van der Waals surface area contributed by atoms with Crippen LogP contribution in [0.15, 0.2) is 41.8 Å². The minimum atomic E-state index is -0.410. The summed E-state index contributed by atoms with van der Waals surface area (Å²) in [6.45, 7) is 5.95. The molecule has 0 saturated heterocycles. The number of benzene rings is 1. The predicted octanol–water partition coefficient (Wildman–Crippen LogP) is 4.11. The van der Waals surface area contributed by atoms with Gasteiger partial charge in [0.2, 0.25) is 5.91 Å². The number of nitrogens with zero attached hydrogens (tertiary/aromatic N) is 3. The molecule has 3 aromatic rings. The van der Waals surface area contributed by atoms with Gasteiger partial charge >= 0.3 is 5.97 Å². The molecule has 0 fully saturated rings. The van der Waals surface area contributed by atoms with Crippen LogP contribution in [0.1, 0.15) is 34.6 Å². The lowest BCUT2D eigenvalue weighted by Gasteiger charge is -2.08. The lowest BCUT2D eigenvalue weighted by molar-refractivity contribution is -0.113. The summed E-state index contributed by atoms with van der Waals surface area (Å²) >= 11 is 2.70. The van der Waals surface area contributed by atoms with Gasteiger partial charge in [-0.3, -0.25) is 9.36 Å². The number of hydrogen-bond donors (Lipinski definition) is 1. The number of thiophene rings is 1. The zero-order valence-electron chi connectivity index (χ0n) is 16.5. The van der Waals surface area contributed by atoms with Crippen LogP contribution in [0.25, 0.3) is 5.69 Å². The lowest BCUT2D eigenvalue weighted by Crippen LogP contribution is -2.16. The molecule has 0 aliphatic carbocycles. The molecular weight excluding hydrogens is 408 g/mol. The van der Waals surface area contributed by atoms with Crippen molar-refractivity contribution in [1.82, 2.24) is 14.8 Å². The number of esters is 1. The molecule has 2 heterocycles. The Morgan fingerprint density at radius 3 is 2.69 bits per heavy atom. The second kappa shape index (κ2) is 9.71. The second-order valence-electron chi connectivity index (χ2n) is 6.08. The molecule has 0 aliphatic heterocycles. The standard InChI is InChI=1S/C20H22N4O3S2/c1-4-15-13(3)17(19(26)27-5-2)18(29-15)22-16(25)11-28-20-23-21-12-24(20)14-9-7-6-8-10-14/h6-10,12H,4-5,11H2,1-3H3,(H,22,25). The summed E-state index contributed by atoms with van der Waals surface area (Å²) in [6.07, 6.45) is 2.40. The third-order valence-electron chi connectivity index (χ3n) is 4.18. The summed E-state index contributed by atoms with van der Waals surface area (Å²) < 4.78 is 6.99. The van der Waals surface area contributed by atoms with E-state index >= 15 is 0 Å². The highest BCUT2D eigenvalue weighted by molar-refractivity contribution is 7.99. The minimum absolute atomic E-state index is 0.145. The van der Waals surface area contributed by atoms with E-state index in [1.165, 1.54) is 23.1 Å². The maximum Gasteiger partial charge on any atom is 0.341 e. The maximum atomic E-state index is 12.6. The van der Waals surface area contributed by atoms with Crippen molar-refractivity contribution in [2.45, 2.75) is 32.3 Å². The summed E-state index contributed by atoms with van der Waals surface area (Å²) in [5.74, 6) is -0.480. The van der Waals surface area contributed by atoms with Crippen molar-refractivity contribution in [2.75, 3.05) is 17.7 Å². The van der Waals surface area contributed by atoms with Crippen LogP contribution < -0.4 is 5.32 Å². The number of amides is 1. The van der Waals surface area contributed by atoms with Crippen molar-refractivity contribution in [3.8, 4) is 5.69 Å². The number of ether oxygens (including phenoxy) is 1. The first-order valence-corrected chi connectivity index (χ1v) is 11.0. The third-order valence-corrected chi connectivity index (χ3v) is 6.48. The quantitative estimate of drug-likeness (QED) is 0.428. The number of aromatic nitrogens is 3. The number of hydrogen-bond acceptors (Lipinski definition) is 7. The van der Waals surface area contributed by atoms with Gasteiger partial charge in [0.25, 0.3) is 0 Å². The summed E-state index contributed by atoms with van der Waals surface area (Å²) in [4.78, 5) is 26.0. The Morgan fingerprint density at radius 2 is 2.00 bits per heavy atom. The lowest BCUT2D eigenvalue weighted by atomic mass is 10.1. The van der Waals surface area contributed by atoms with Crippen molar-refractivity contribution < 1.29 is 14.3 Å². The van der Waals surface area contributed by atoms with Gasteiger partial charge < -0.3 is 10.1 Å². The molecule has 3 rings (SSSR count). The van der Waals surface area contributed by atoms with Gasteiger partial charge in [-0.2, -0.15) is 0 Å². The van der Waals surface area contributed by atoms with E-state index in [0.29, 0.717) is 15.7 Å². The molecule has 7 nitrogen and oxygen atoms in total. The van der Waals surface area contributed by atoms with E-state index in [-0.39, 0.29) is 18.3 Å². The molecular formula is C20H22N4O3S2. The Bertz CT molecular complexity index is 999. The van der Waals surface area contributed by atoms with Crippen LogP contribution in [-0.2, 0) is 16.0 Å². The molecule has 0 atom stereocenters. The average molecular weight is 431 g/mol. The first-order chi connectivity index (χ1) is 14.0. The Balaban J connectivity index is 1.71. The van der Waals surface area contributed by atoms with Crippen molar-refractivity contribution >= 4 is 40.0 Å². The number of thioether (sulfide) groups is 1. The molecule has 1 aromatic carbocycles. The number of nitrogens with one attached hydrogen (secondary N) is 1. The predicted molar refractivity (Wildman–Crippen MR) is 115 cm³/mol. The average Bonchev–Trinajstić information content (AvgIpc) is 3.31. The van der Waals surface area contributed by atoms with Crippen LogP contribution in [-0.4, -0.2) is 39.0 Å². The van der Waals surface area contributed by atoms with Gasteiger partial charge in [-0.05, 0) is 38.0 Å². The second-order valence-corrected chi connectivity index (χ2v) is 8.13. The van der Waals surface area contributed by atoms with E-state index < -0.39 is 5.97 Å². The highest BCUT2D eigenvalue weighted by Crippen LogP contribution is 2.34. The number of anilines is 1. The zero-order valence-corrected chi connectivity index (χ0v) is 18.1. The zero-order chi connectivity index (χ0) is 20.8. The highest BCUT2D eigenvalue weighted by atomic mass is 32.2. The SMILES string of the molecule is CCOC(=O)c1c(NC(=O)CSc2nncn2-c2ccccc2)sc(CC)c1C. The Morgan fingerprint density at radius 1 is 1.24 bits per heavy atom. The monoisotopic (exact) mass is 430 g/mol. The molecule has 0 spiro atoms. The van der Waals surface area contributed by atoms with Gasteiger partial charge in [0.15, 0.2) is 5.16 Å². The first-order valence-electron chi connectivity index (χ1n) is 9.22. The molecule has 2 aromatic heterocycles. The van der Waals surface area contributed by atoms with E-state index in [1.807, 2.05) is 48.7 Å². The number of aryl methyl sites for hydroxylation is 1. The fourth-order valence-electron chi connectivity index (χ4n) is 2.82. The van der Waals surface area contributed by atoms with Crippen LogP contribution >= 0.6 is 23.1 Å². The first kappa shape index (κ1) is 21.1. The van der Waals surface area contributed by atoms with Gasteiger partial charge in [0.1, 0.15) is 11.3 Å². The van der Waals surface area contributed by atoms with Crippen molar-refractivity contribution in [1.29, 1.82) is 0 Å². The molecule has 1 amide bonds. The maximum absolute atomic E-state index is 12.6. The molecule has 0 bridgehead atoms. The molecule has 9 heteroatoms. The van der Waals surface area contributed by atoms with Gasteiger partial charge in [-0.1, -0.05) is 36.9 Å². The van der Waals surface area contributed by atoms with Gasteiger partial charge in [0, 0.05) is 10.6 Å². The smallest absolute Gasteiger partial charge is 0.341 e. The van der Waals surface area contributed by atoms with Gasteiger partial charge in [0.05, 0.1) is 17.9 Å². The van der Waals surface area contributed by atoms with Crippen molar-refractivity contribution in [2.24, 2.45) is 0 Å². The van der Waals surface area contributed by atoms with E-state index in [9.17, 15) is 9.59 Å². The number of rotatable bonds is 8. The van der Waals surface area contributed by atoms with Crippen LogP contribution in [0.5, 0.6) is 0 Å². The van der Waals surface area contributed by atoms with Crippen molar-refractivity contribution in [3.63, 3.8) is 0 Å². The van der Waals surface area contributed by atoms with E-state index in [0.717, 1.165) is 22.5 Å². The molecule has 0 saturated carbocycles. The van der Waals surface area contributed by atoms with Crippen LogP contribution in [0.3, 0.4) is 0 Å². The summed E-state index contributed by atoms with van der Waals surface area (Å²) in [6, 6.07) is 9.68. The van der Waals surface area contributed by atoms with E-state index in [4.69, 9.17) is 4.74 Å². The number of carbonyl (C=O) groups is 2. The third kappa shape index (κ3) is 4.86. The summed E-state index contributed by atoms with van der Waals surface area (Å²) in [7, 11) is 0. The van der Waals surface area contributed by atoms with Gasteiger partial charge in [-0.25, -0.2) is 4.79 Å². The largest absolute Gasteiger partial charge is 0.462 e. The van der Waals surface area contributed by atoms with Gasteiger partial charge in [-0.15, -0.1) is 21.5 Å². The summed E-state index contributed by atoms with van der Waals surface area (Å²) in [5.41, 5.74) is 2.23. The summed E-state index contributed by atoms with van der Waals surface area (Å²) in [5, 5.41) is 12.1. The highest BCUT2D eigenvalue weighted by Gasteiger charge is 2.23. The Hall–Kier alpha value is -2.65. The van der Waals surface area contributed by atoms with Crippen LogP contribution in [0.4, 0.5) is 5.00 Å². The number of carbonyl (C=O) groups excluding carboxylic acids is 2. The Kier molecular flexibility index (Phi) is 7.05. The fourth-order valence-corrected chi connectivity index (χ4v) is 4.69. The minimum Gasteiger partial charge on any atom is -0.462 e. The Labute approximate surface area is 177 Å². The molecule has 152 valence electrons. The fraction of sp³-hybridized carbons (Fsp3) is 0.300.